The van der Waals surface area contributed by atoms with Gasteiger partial charge in [-0.1, -0.05) is 18.2 Å². The summed E-state index contributed by atoms with van der Waals surface area (Å²) in [4.78, 5) is 2.40. The van der Waals surface area contributed by atoms with Crippen molar-refractivity contribution >= 4 is 0 Å². The molecule has 0 amide bonds. The van der Waals surface area contributed by atoms with Crippen LogP contribution in [0.3, 0.4) is 0 Å². The van der Waals surface area contributed by atoms with Crippen molar-refractivity contribution in [2.45, 2.75) is 25.9 Å². The Bertz CT molecular complexity index is 403. The van der Waals surface area contributed by atoms with Crippen LogP contribution in [0.25, 0.3) is 0 Å². The Morgan fingerprint density at radius 2 is 2.11 bits per heavy atom. The highest BCUT2D eigenvalue weighted by Gasteiger charge is 2.25. The highest BCUT2D eigenvalue weighted by molar-refractivity contribution is 5.32. The summed E-state index contributed by atoms with van der Waals surface area (Å²) in [7, 11) is 4.25. The highest BCUT2D eigenvalue weighted by Crippen LogP contribution is 2.21. The zero-order valence-electron chi connectivity index (χ0n) is 12.0. The van der Waals surface area contributed by atoms with E-state index in [9.17, 15) is 0 Å². The molecular weight excluding hydrogens is 222 g/mol. The number of hydrogen-bond acceptors (Lipinski definition) is 3. The maximum atomic E-state index is 3.63. The van der Waals surface area contributed by atoms with Crippen LogP contribution in [-0.2, 0) is 0 Å². The van der Waals surface area contributed by atoms with Gasteiger partial charge in [0.25, 0.3) is 0 Å². The Labute approximate surface area is 111 Å². The minimum atomic E-state index is 0.382. The summed E-state index contributed by atoms with van der Waals surface area (Å²) >= 11 is 0. The molecule has 0 saturated carbocycles. The van der Waals surface area contributed by atoms with E-state index in [4.69, 9.17) is 0 Å². The van der Waals surface area contributed by atoms with Gasteiger partial charge in [-0.15, -0.1) is 0 Å². The van der Waals surface area contributed by atoms with Gasteiger partial charge in [0.1, 0.15) is 0 Å². The van der Waals surface area contributed by atoms with E-state index in [1.165, 1.54) is 16.7 Å². The van der Waals surface area contributed by atoms with Crippen molar-refractivity contribution in [2.75, 3.05) is 33.7 Å². The molecule has 2 N–H and O–H groups in total. The molecule has 1 aromatic rings. The monoisotopic (exact) mass is 247 g/mol. The van der Waals surface area contributed by atoms with E-state index in [1.54, 1.807) is 0 Å². The maximum absolute atomic E-state index is 3.63. The number of aryl methyl sites for hydroxylation is 2. The molecule has 1 aromatic carbocycles. The van der Waals surface area contributed by atoms with Gasteiger partial charge in [-0.2, -0.15) is 0 Å². The summed E-state index contributed by atoms with van der Waals surface area (Å²) in [6.45, 7) is 7.66. The van der Waals surface area contributed by atoms with Crippen LogP contribution in [0.15, 0.2) is 18.2 Å². The van der Waals surface area contributed by atoms with Gasteiger partial charge in [0, 0.05) is 31.7 Å². The molecule has 0 aliphatic carbocycles. The van der Waals surface area contributed by atoms with E-state index < -0.39 is 0 Å². The van der Waals surface area contributed by atoms with E-state index in [0.29, 0.717) is 12.1 Å². The molecule has 2 rings (SSSR count). The van der Waals surface area contributed by atoms with Crippen LogP contribution in [0.5, 0.6) is 0 Å². The van der Waals surface area contributed by atoms with Crippen LogP contribution in [0.1, 0.15) is 22.7 Å². The molecule has 100 valence electrons. The van der Waals surface area contributed by atoms with Crippen LogP contribution in [-0.4, -0.2) is 44.7 Å². The van der Waals surface area contributed by atoms with E-state index in [0.717, 1.165) is 19.6 Å². The van der Waals surface area contributed by atoms with E-state index >= 15 is 0 Å². The molecule has 1 fully saturated rings. The molecular formula is C15H25N3. The van der Waals surface area contributed by atoms with Crippen molar-refractivity contribution in [3.05, 3.63) is 34.9 Å². The molecule has 3 nitrogen and oxygen atoms in total. The number of nitrogens with zero attached hydrogens (tertiary/aromatic N) is 1. The Morgan fingerprint density at radius 3 is 2.72 bits per heavy atom. The molecule has 1 aliphatic heterocycles. The zero-order valence-corrected chi connectivity index (χ0v) is 12.0. The lowest BCUT2D eigenvalue weighted by Crippen LogP contribution is -2.54. The van der Waals surface area contributed by atoms with E-state index in [-0.39, 0.29) is 0 Å². The fourth-order valence-corrected chi connectivity index (χ4v) is 2.71. The van der Waals surface area contributed by atoms with Gasteiger partial charge < -0.3 is 15.5 Å². The minimum absolute atomic E-state index is 0.382. The third-order valence-corrected chi connectivity index (χ3v) is 4.01. The molecule has 2 unspecified atom stereocenters. The highest BCUT2D eigenvalue weighted by atomic mass is 15.2. The van der Waals surface area contributed by atoms with Crippen molar-refractivity contribution in [3.8, 4) is 0 Å². The summed E-state index contributed by atoms with van der Waals surface area (Å²) in [6, 6.07) is 7.65. The summed E-state index contributed by atoms with van der Waals surface area (Å²) in [5.74, 6) is 0. The molecule has 1 saturated heterocycles. The van der Waals surface area contributed by atoms with Crippen LogP contribution in [0.2, 0.25) is 0 Å². The van der Waals surface area contributed by atoms with Gasteiger partial charge in [0.2, 0.25) is 0 Å². The molecule has 0 radical (unpaired) electrons. The van der Waals surface area contributed by atoms with Crippen molar-refractivity contribution in [3.63, 3.8) is 0 Å². The topological polar surface area (TPSA) is 27.3 Å². The van der Waals surface area contributed by atoms with Crippen molar-refractivity contribution in [1.29, 1.82) is 0 Å². The number of piperazine rings is 1. The van der Waals surface area contributed by atoms with E-state index in [2.05, 4.69) is 61.7 Å². The molecule has 3 heteroatoms. The first kappa shape index (κ1) is 13.5. The lowest BCUT2D eigenvalue weighted by Gasteiger charge is -2.36. The van der Waals surface area contributed by atoms with E-state index in [1.807, 2.05) is 0 Å². The lowest BCUT2D eigenvalue weighted by molar-refractivity contribution is 0.210. The normalized spacial score (nSPS) is 23.0. The Kier molecular flexibility index (Phi) is 4.38. The lowest BCUT2D eigenvalue weighted by atomic mass is 9.95. The number of benzene rings is 1. The Hall–Kier alpha value is -0.900. The molecule has 0 bridgehead atoms. The van der Waals surface area contributed by atoms with Crippen LogP contribution >= 0.6 is 0 Å². The van der Waals surface area contributed by atoms with Gasteiger partial charge in [0.05, 0.1) is 0 Å². The summed E-state index contributed by atoms with van der Waals surface area (Å²) in [6.07, 6.45) is 0. The van der Waals surface area contributed by atoms with Crippen LogP contribution < -0.4 is 10.6 Å². The van der Waals surface area contributed by atoms with Gasteiger partial charge in [-0.25, -0.2) is 0 Å². The molecule has 1 heterocycles. The number of rotatable bonds is 3. The zero-order chi connectivity index (χ0) is 13.1. The third-order valence-electron chi connectivity index (χ3n) is 4.01. The fourth-order valence-electron chi connectivity index (χ4n) is 2.71. The molecule has 2 atom stereocenters. The number of nitrogens with one attached hydrogen (secondary N) is 2. The standard InChI is InChI=1S/C15H25N3/c1-11-5-6-13(9-12(11)2)15(16-3)14-10-18(4)8-7-17-14/h5-6,9,14-17H,7-8,10H2,1-4H3. The van der Waals surface area contributed by atoms with Gasteiger partial charge in [0.15, 0.2) is 0 Å². The third kappa shape index (κ3) is 2.91. The molecule has 0 spiro atoms. The molecule has 0 aromatic heterocycles. The largest absolute Gasteiger partial charge is 0.312 e. The van der Waals surface area contributed by atoms with Gasteiger partial charge in [-0.05, 0) is 44.6 Å². The second kappa shape index (κ2) is 5.83. The maximum Gasteiger partial charge on any atom is 0.0486 e. The molecule has 18 heavy (non-hydrogen) atoms. The predicted octanol–water partition coefficient (Wildman–Crippen LogP) is 1.47. The smallest absolute Gasteiger partial charge is 0.0486 e. The number of likely N-dealkylation sites (N-methyl/N-ethyl adjacent to an activating group) is 2. The summed E-state index contributed by atoms with van der Waals surface area (Å²) in [5, 5.41) is 7.10. The number of hydrogen-bond donors (Lipinski definition) is 2. The van der Waals surface area contributed by atoms with Crippen molar-refractivity contribution in [1.82, 2.24) is 15.5 Å². The van der Waals surface area contributed by atoms with Crippen LogP contribution in [0, 0.1) is 13.8 Å². The quantitative estimate of drug-likeness (QED) is 0.847. The Balaban J connectivity index is 2.18. The minimum Gasteiger partial charge on any atom is -0.312 e. The first-order valence-electron chi connectivity index (χ1n) is 6.78. The van der Waals surface area contributed by atoms with Gasteiger partial charge in [-0.3, -0.25) is 0 Å². The van der Waals surface area contributed by atoms with Crippen molar-refractivity contribution in [2.24, 2.45) is 0 Å². The Morgan fingerprint density at radius 1 is 1.33 bits per heavy atom. The average molecular weight is 247 g/mol. The fraction of sp³-hybridized carbons (Fsp3) is 0.600. The average Bonchev–Trinajstić information content (AvgIpc) is 2.35. The summed E-state index contributed by atoms with van der Waals surface area (Å²) < 4.78 is 0. The second-order valence-corrected chi connectivity index (χ2v) is 5.43. The first-order chi connectivity index (χ1) is 8.61. The predicted molar refractivity (Wildman–Crippen MR) is 77.0 cm³/mol. The second-order valence-electron chi connectivity index (χ2n) is 5.43. The van der Waals surface area contributed by atoms with Crippen molar-refractivity contribution < 1.29 is 0 Å². The SMILES string of the molecule is CNC(c1ccc(C)c(C)c1)C1CN(C)CCN1. The van der Waals surface area contributed by atoms with Gasteiger partial charge >= 0.3 is 0 Å². The molecule has 1 aliphatic rings. The first-order valence-corrected chi connectivity index (χ1v) is 6.78. The summed E-state index contributed by atoms with van der Waals surface area (Å²) in [5.41, 5.74) is 4.12. The van der Waals surface area contributed by atoms with Crippen LogP contribution in [0.4, 0.5) is 0 Å².